The maximum absolute atomic E-state index is 12.2. The van der Waals surface area contributed by atoms with Crippen molar-refractivity contribution in [1.82, 2.24) is 5.32 Å². The number of nitrogens with zero attached hydrogens (tertiary/aromatic N) is 5. The molecular formula is C19H22N6O5. The number of carboxylic acid groups (broad SMARTS) is 1. The van der Waals surface area contributed by atoms with Gasteiger partial charge in [-0.2, -0.15) is 0 Å². The van der Waals surface area contributed by atoms with Gasteiger partial charge in [-0.05, 0) is 36.8 Å². The number of carbonyl (C=O) groups excluding carboxylic acids is 1. The number of allylic oxidation sites excluding steroid dienone is 1. The molecule has 0 spiro atoms. The van der Waals surface area contributed by atoms with E-state index in [0.29, 0.717) is 55.6 Å². The number of carbonyl (C=O) groups is 2. The van der Waals surface area contributed by atoms with E-state index in [1.807, 2.05) is 6.92 Å². The number of non-ortho nitro benzene ring substituents is 1. The lowest BCUT2D eigenvalue weighted by Crippen LogP contribution is -2.45. The highest BCUT2D eigenvalue weighted by Gasteiger charge is 2.38. The molecule has 1 aromatic carbocycles. The molecule has 11 heteroatoms. The van der Waals surface area contributed by atoms with Gasteiger partial charge < -0.3 is 10.4 Å². The van der Waals surface area contributed by atoms with E-state index >= 15 is 0 Å². The van der Waals surface area contributed by atoms with Gasteiger partial charge in [0.05, 0.1) is 22.2 Å². The number of amides is 1. The van der Waals surface area contributed by atoms with Crippen LogP contribution in [-0.2, 0) is 9.59 Å². The lowest BCUT2D eigenvalue weighted by molar-refractivity contribution is -0.384. The molecule has 158 valence electrons. The van der Waals surface area contributed by atoms with Crippen LogP contribution in [0.4, 0.5) is 5.69 Å². The largest absolute Gasteiger partial charge is 0.478 e. The van der Waals surface area contributed by atoms with Crippen molar-refractivity contribution in [2.24, 2.45) is 10.1 Å². The minimum atomic E-state index is -1.17. The van der Waals surface area contributed by atoms with Crippen molar-refractivity contribution in [2.45, 2.75) is 44.6 Å². The average molecular weight is 414 g/mol. The summed E-state index contributed by atoms with van der Waals surface area (Å²) < 4.78 is 0. The summed E-state index contributed by atoms with van der Waals surface area (Å²) in [4.78, 5) is 41.1. The second kappa shape index (κ2) is 10.7. The highest BCUT2D eigenvalue weighted by Crippen LogP contribution is 2.37. The predicted molar refractivity (Wildman–Crippen MR) is 109 cm³/mol. The van der Waals surface area contributed by atoms with Crippen LogP contribution in [0.5, 0.6) is 0 Å². The first kappa shape index (κ1) is 22.6. The van der Waals surface area contributed by atoms with E-state index in [4.69, 9.17) is 5.53 Å². The molecule has 0 aliphatic carbocycles. The van der Waals surface area contributed by atoms with Crippen LogP contribution in [0.25, 0.3) is 10.4 Å². The smallest absolute Gasteiger partial charge is 0.334 e. The predicted octanol–water partition coefficient (Wildman–Crippen LogP) is 3.48. The Hall–Kier alpha value is -3.72. The number of aliphatic carboxylic acids is 1. The molecule has 2 rings (SSSR count). The van der Waals surface area contributed by atoms with Crippen LogP contribution >= 0.6 is 0 Å². The van der Waals surface area contributed by atoms with E-state index in [2.05, 4.69) is 20.3 Å². The maximum atomic E-state index is 12.2. The first-order chi connectivity index (χ1) is 14.4. The summed E-state index contributed by atoms with van der Waals surface area (Å²) in [6.45, 7) is 2.16. The molecule has 2 atom stereocenters. The van der Waals surface area contributed by atoms with Gasteiger partial charge >= 0.3 is 5.97 Å². The van der Waals surface area contributed by atoms with Crippen molar-refractivity contribution in [3.05, 3.63) is 61.7 Å². The van der Waals surface area contributed by atoms with E-state index in [9.17, 15) is 24.8 Å². The van der Waals surface area contributed by atoms with Crippen molar-refractivity contribution in [2.75, 3.05) is 6.54 Å². The molecule has 1 amide bonds. The number of nitrogens with one attached hydrogen (secondary N) is 1. The number of nitro groups is 1. The van der Waals surface area contributed by atoms with Crippen LogP contribution in [0.1, 0.15) is 44.1 Å². The van der Waals surface area contributed by atoms with Gasteiger partial charge in [0, 0.05) is 35.2 Å². The van der Waals surface area contributed by atoms with Crippen LogP contribution in [0.3, 0.4) is 0 Å². The fraction of sp³-hybridized carbons (Fsp3) is 0.421. The van der Waals surface area contributed by atoms with E-state index in [0.717, 1.165) is 0 Å². The van der Waals surface area contributed by atoms with Gasteiger partial charge in [-0.3, -0.25) is 19.9 Å². The molecule has 0 saturated carbocycles. The van der Waals surface area contributed by atoms with Gasteiger partial charge in [0.2, 0.25) is 6.41 Å². The Morgan fingerprint density at radius 2 is 2.10 bits per heavy atom. The molecule has 1 aromatic rings. The van der Waals surface area contributed by atoms with Crippen LogP contribution in [0.15, 0.2) is 45.6 Å². The number of azide groups is 1. The first-order valence-corrected chi connectivity index (χ1v) is 9.43. The zero-order valence-corrected chi connectivity index (χ0v) is 16.4. The van der Waals surface area contributed by atoms with E-state index in [1.54, 1.807) is 0 Å². The molecule has 11 nitrogen and oxygen atoms in total. The van der Waals surface area contributed by atoms with Crippen LogP contribution in [0, 0.1) is 10.1 Å². The summed E-state index contributed by atoms with van der Waals surface area (Å²) in [5, 5.41) is 27.0. The van der Waals surface area contributed by atoms with Gasteiger partial charge in [0.25, 0.3) is 5.69 Å². The number of unbranched alkanes of at least 4 members (excludes halogenated alkanes) is 1. The van der Waals surface area contributed by atoms with E-state index in [1.165, 1.54) is 24.3 Å². The highest BCUT2D eigenvalue weighted by atomic mass is 16.6. The molecule has 2 N–H and O–H groups in total. The Morgan fingerprint density at radius 3 is 2.63 bits per heavy atom. The highest BCUT2D eigenvalue weighted by molar-refractivity contribution is 6.00. The van der Waals surface area contributed by atoms with Gasteiger partial charge in [0.1, 0.15) is 0 Å². The molecule has 1 heterocycles. The Bertz CT molecular complexity index is 918. The Balaban J connectivity index is 2.51. The number of hydrogen-bond donors (Lipinski definition) is 2. The molecule has 0 fully saturated rings. The zero-order chi connectivity index (χ0) is 22.1. The Morgan fingerprint density at radius 1 is 1.40 bits per heavy atom. The average Bonchev–Trinajstić information content (AvgIpc) is 2.73. The molecule has 0 saturated heterocycles. The van der Waals surface area contributed by atoms with Crippen molar-refractivity contribution >= 4 is 23.8 Å². The molecule has 0 radical (unpaired) electrons. The molecule has 1 aliphatic rings. The number of rotatable bonds is 11. The van der Waals surface area contributed by atoms with Gasteiger partial charge in [-0.15, -0.1) is 0 Å². The number of carboxylic acids is 1. The lowest BCUT2D eigenvalue weighted by atomic mass is 9.78. The number of aliphatic imine (C=N–C) groups is 1. The van der Waals surface area contributed by atoms with Crippen molar-refractivity contribution < 1.29 is 19.6 Å². The van der Waals surface area contributed by atoms with Crippen LogP contribution in [0.2, 0.25) is 0 Å². The molecule has 0 bridgehead atoms. The van der Waals surface area contributed by atoms with Gasteiger partial charge in [0.15, 0.2) is 0 Å². The van der Waals surface area contributed by atoms with Crippen molar-refractivity contribution in [3.63, 3.8) is 0 Å². The van der Waals surface area contributed by atoms with Gasteiger partial charge in [-0.25, -0.2) is 4.79 Å². The second-order valence-electron chi connectivity index (χ2n) is 6.62. The summed E-state index contributed by atoms with van der Waals surface area (Å²) in [6.07, 6.45) is 2.51. The summed E-state index contributed by atoms with van der Waals surface area (Å²) >= 11 is 0. The lowest BCUT2D eigenvalue weighted by Gasteiger charge is -2.33. The molecule has 1 unspecified atom stereocenters. The van der Waals surface area contributed by atoms with Gasteiger partial charge in [-0.1, -0.05) is 24.2 Å². The number of hydrogen-bond acceptors (Lipinski definition) is 6. The fourth-order valence-electron chi connectivity index (χ4n) is 3.54. The third-order valence-corrected chi connectivity index (χ3v) is 4.88. The fourth-order valence-corrected chi connectivity index (χ4v) is 3.54. The topological polar surface area (TPSA) is 171 Å². The van der Waals surface area contributed by atoms with Crippen molar-refractivity contribution in [1.29, 1.82) is 0 Å². The minimum Gasteiger partial charge on any atom is -0.478 e. The minimum absolute atomic E-state index is 0.0455. The summed E-state index contributed by atoms with van der Waals surface area (Å²) in [6, 6.07) is 4.95. The van der Waals surface area contributed by atoms with E-state index in [-0.39, 0.29) is 11.3 Å². The first-order valence-electron chi connectivity index (χ1n) is 9.43. The summed E-state index contributed by atoms with van der Waals surface area (Å²) in [5.41, 5.74) is 9.85. The quantitative estimate of drug-likeness (QED) is 0.107. The molecule has 1 aliphatic heterocycles. The Labute approximate surface area is 172 Å². The summed E-state index contributed by atoms with van der Waals surface area (Å²) in [7, 11) is 0. The Kier molecular flexibility index (Phi) is 8.07. The molecule has 0 aromatic heterocycles. The molecular weight excluding hydrogens is 392 g/mol. The molecule has 30 heavy (non-hydrogen) atoms. The second-order valence-corrected chi connectivity index (χ2v) is 6.62. The third-order valence-electron chi connectivity index (χ3n) is 4.88. The van der Waals surface area contributed by atoms with Crippen LogP contribution < -0.4 is 5.32 Å². The maximum Gasteiger partial charge on any atom is 0.334 e. The zero-order valence-electron chi connectivity index (χ0n) is 16.4. The third kappa shape index (κ3) is 5.21. The summed E-state index contributed by atoms with van der Waals surface area (Å²) in [5.74, 6) is -1.91. The number of benzene rings is 1. The number of nitro benzene ring substituents is 1. The van der Waals surface area contributed by atoms with E-state index < -0.39 is 22.9 Å². The van der Waals surface area contributed by atoms with Crippen LogP contribution in [-0.4, -0.2) is 40.7 Å². The SMILES string of the molecule is CCC1=NC(CCCCN=[N+]=[N-])=C(C(=O)O)[C@H](c2ccc([N+](=O)[O-])cc2)C1NC=O. The van der Waals surface area contributed by atoms with Crippen molar-refractivity contribution in [3.8, 4) is 0 Å². The normalized spacial score (nSPS) is 18.2. The standard InChI is InChI=1S/C19H22N6O5/c1-2-14-18(21-11-26)16(12-6-8-13(9-7-12)25(29)30)17(19(27)28)15(23-14)5-3-4-10-22-24-20/h6-9,11,16,18H,2-5,10H2,1H3,(H,21,26)(H,27,28)/t16-,18?/m0/s1. The monoisotopic (exact) mass is 414 g/mol.